The van der Waals surface area contributed by atoms with Crippen LogP contribution in [0.5, 0.6) is 0 Å². The van der Waals surface area contributed by atoms with E-state index in [9.17, 15) is 0 Å². The maximum Gasteiger partial charge on any atom is 0.136 e. The summed E-state index contributed by atoms with van der Waals surface area (Å²) in [6.45, 7) is 1.97. The Morgan fingerprint density at radius 3 is 2.81 bits per heavy atom. The molecule has 1 aliphatic carbocycles. The number of fused-ring (bicyclic) bond motifs is 1. The lowest BCUT2D eigenvalue weighted by Gasteiger charge is -2.10. The second-order valence-corrected chi connectivity index (χ2v) is 5.89. The molecule has 3 aromatic rings. The van der Waals surface area contributed by atoms with Crippen molar-refractivity contribution in [1.29, 1.82) is 0 Å². The molecule has 0 amide bonds. The zero-order chi connectivity index (χ0) is 14.4. The summed E-state index contributed by atoms with van der Waals surface area (Å²) in [5.74, 6) is 1.37. The van der Waals surface area contributed by atoms with Crippen molar-refractivity contribution in [2.24, 2.45) is 0 Å². The van der Waals surface area contributed by atoms with Crippen LogP contribution in [0.4, 0.5) is 0 Å². The van der Waals surface area contributed by atoms with Gasteiger partial charge in [-0.1, -0.05) is 23.7 Å². The van der Waals surface area contributed by atoms with Crippen LogP contribution in [0.2, 0.25) is 5.15 Å². The Labute approximate surface area is 128 Å². The van der Waals surface area contributed by atoms with Gasteiger partial charge in [0.15, 0.2) is 0 Å². The molecule has 104 valence electrons. The summed E-state index contributed by atoms with van der Waals surface area (Å²) < 4.78 is 0. The van der Waals surface area contributed by atoms with Crippen LogP contribution in [0.25, 0.3) is 22.2 Å². The third kappa shape index (κ3) is 2.28. The predicted molar refractivity (Wildman–Crippen MR) is 84.5 cm³/mol. The van der Waals surface area contributed by atoms with Crippen LogP contribution in [0, 0.1) is 6.92 Å². The molecule has 0 spiro atoms. The lowest BCUT2D eigenvalue weighted by Crippen LogP contribution is -1.99. The monoisotopic (exact) mass is 295 g/mol. The quantitative estimate of drug-likeness (QED) is 0.652. The van der Waals surface area contributed by atoms with Crippen molar-refractivity contribution in [2.75, 3.05) is 0 Å². The second kappa shape index (κ2) is 4.78. The highest BCUT2D eigenvalue weighted by Crippen LogP contribution is 2.40. The molecule has 1 fully saturated rings. The summed E-state index contributed by atoms with van der Waals surface area (Å²) >= 11 is 6.30. The van der Waals surface area contributed by atoms with Crippen molar-refractivity contribution in [1.82, 2.24) is 15.0 Å². The third-order valence-electron chi connectivity index (χ3n) is 3.92. The Bertz CT molecular complexity index is 841. The molecule has 1 saturated carbocycles. The number of hydrogen-bond donors (Lipinski definition) is 0. The minimum atomic E-state index is 0.490. The van der Waals surface area contributed by atoms with Gasteiger partial charge < -0.3 is 0 Å². The van der Waals surface area contributed by atoms with Gasteiger partial charge in [-0.2, -0.15) is 0 Å². The highest BCUT2D eigenvalue weighted by atomic mass is 35.5. The lowest BCUT2D eigenvalue weighted by atomic mass is 10.0. The maximum absolute atomic E-state index is 6.30. The molecular weight excluding hydrogens is 282 g/mol. The van der Waals surface area contributed by atoms with Crippen LogP contribution in [-0.4, -0.2) is 15.0 Å². The van der Waals surface area contributed by atoms with Gasteiger partial charge in [0.1, 0.15) is 11.0 Å². The molecule has 0 unspecified atom stereocenters. The number of benzene rings is 1. The van der Waals surface area contributed by atoms with Crippen LogP contribution in [0.15, 0.2) is 36.5 Å². The average molecular weight is 296 g/mol. The van der Waals surface area contributed by atoms with E-state index in [1.807, 2.05) is 19.1 Å². The summed E-state index contributed by atoms with van der Waals surface area (Å²) in [5, 5.41) is 1.67. The topological polar surface area (TPSA) is 38.7 Å². The molecule has 4 rings (SSSR count). The van der Waals surface area contributed by atoms with Crippen molar-refractivity contribution in [3.05, 3.63) is 53.1 Å². The number of rotatable bonds is 2. The van der Waals surface area contributed by atoms with Crippen LogP contribution in [0.1, 0.15) is 30.1 Å². The number of nitrogens with zero attached hydrogens (tertiary/aromatic N) is 3. The lowest BCUT2D eigenvalue weighted by molar-refractivity contribution is 0.922. The smallest absolute Gasteiger partial charge is 0.136 e. The Morgan fingerprint density at radius 1 is 1.14 bits per heavy atom. The highest BCUT2D eigenvalue weighted by molar-refractivity contribution is 6.30. The van der Waals surface area contributed by atoms with Gasteiger partial charge >= 0.3 is 0 Å². The van der Waals surface area contributed by atoms with E-state index < -0.39 is 0 Å². The SMILES string of the molecule is Cc1c(Cl)nc(C2CC2)nc1-c1ccc2ncccc2c1. The molecule has 4 heteroatoms. The molecule has 0 radical (unpaired) electrons. The fraction of sp³-hybridized carbons (Fsp3) is 0.235. The summed E-state index contributed by atoms with van der Waals surface area (Å²) in [6, 6.07) is 10.2. The van der Waals surface area contributed by atoms with Crippen molar-refractivity contribution < 1.29 is 0 Å². The van der Waals surface area contributed by atoms with Crippen LogP contribution >= 0.6 is 11.6 Å². The van der Waals surface area contributed by atoms with Crippen molar-refractivity contribution in [3.8, 4) is 11.3 Å². The molecule has 1 aromatic carbocycles. The fourth-order valence-electron chi connectivity index (χ4n) is 2.53. The second-order valence-electron chi connectivity index (χ2n) is 5.53. The Morgan fingerprint density at radius 2 is 2.00 bits per heavy atom. The fourth-order valence-corrected chi connectivity index (χ4v) is 2.71. The zero-order valence-electron chi connectivity index (χ0n) is 11.7. The largest absolute Gasteiger partial charge is 0.256 e. The molecule has 21 heavy (non-hydrogen) atoms. The summed E-state index contributed by atoms with van der Waals surface area (Å²) in [4.78, 5) is 13.5. The first-order chi connectivity index (χ1) is 10.2. The van der Waals surface area contributed by atoms with Crippen molar-refractivity contribution >= 4 is 22.5 Å². The summed E-state index contributed by atoms with van der Waals surface area (Å²) in [5.41, 5.74) is 3.92. The Hall–Kier alpha value is -2.00. The van der Waals surface area contributed by atoms with E-state index in [0.717, 1.165) is 33.5 Å². The van der Waals surface area contributed by atoms with E-state index in [2.05, 4.69) is 28.2 Å². The van der Waals surface area contributed by atoms with Gasteiger partial charge in [-0.3, -0.25) is 4.98 Å². The number of hydrogen-bond acceptors (Lipinski definition) is 3. The summed E-state index contributed by atoms with van der Waals surface area (Å²) in [6.07, 6.45) is 4.14. The first-order valence-electron chi connectivity index (χ1n) is 7.11. The van der Waals surface area contributed by atoms with E-state index in [4.69, 9.17) is 16.6 Å². The van der Waals surface area contributed by atoms with Crippen LogP contribution < -0.4 is 0 Å². The first kappa shape index (κ1) is 12.7. The minimum absolute atomic E-state index is 0.490. The van der Waals surface area contributed by atoms with Crippen molar-refractivity contribution in [2.45, 2.75) is 25.7 Å². The van der Waals surface area contributed by atoms with E-state index >= 15 is 0 Å². The first-order valence-corrected chi connectivity index (χ1v) is 7.49. The molecule has 0 aliphatic heterocycles. The van der Waals surface area contributed by atoms with Gasteiger partial charge in [0.05, 0.1) is 11.2 Å². The van der Waals surface area contributed by atoms with Gasteiger partial charge in [0.25, 0.3) is 0 Å². The maximum atomic E-state index is 6.30. The highest BCUT2D eigenvalue weighted by Gasteiger charge is 2.28. The molecule has 0 bridgehead atoms. The molecule has 2 aromatic heterocycles. The van der Waals surface area contributed by atoms with Gasteiger partial charge in [-0.15, -0.1) is 0 Å². The normalized spacial score (nSPS) is 14.6. The number of halogens is 1. The molecule has 2 heterocycles. The average Bonchev–Trinajstić information content (AvgIpc) is 3.34. The number of aromatic nitrogens is 3. The zero-order valence-corrected chi connectivity index (χ0v) is 12.4. The predicted octanol–water partition coefficient (Wildman–Crippen LogP) is 4.53. The van der Waals surface area contributed by atoms with Crippen molar-refractivity contribution in [3.63, 3.8) is 0 Å². The molecule has 1 aliphatic rings. The van der Waals surface area contributed by atoms with Gasteiger partial charge in [-0.25, -0.2) is 9.97 Å². The molecule has 0 saturated heterocycles. The molecule has 3 nitrogen and oxygen atoms in total. The van der Waals surface area contributed by atoms with Crippen LogP contribution in [0.3, 0.4) is 0 Å². The Balaban J connectivity index is 1.90. The molecule has 0 N–H and O–H groups in total. The van der Waals surface area contributed by atoms with E-state index in [1.54, 1.807) is 6.20 Å². The van der Waals surface area contributed by atoms with E-state index in [0.29, 0.717) is 11.1 Å². The Kier molecular flexibility index (Phi) is 2.89. The molecular formula is C17H14ClN3. The van der Waals surface area contributed by atoms with Gasteiger partial charge in [0, 0.05) is 28.6 Å². The minimum Gasteiger partial charge on any atom is -0.256 e. The third-order valence-corrected chi connectivity index (χ3v) is 4.29. The van der Waals surface area contributed by atoms with Gasteiger partial charge in [-0.05, 0) is 38.0 Å². The van der Waals surface area contributed by atoms with E-state index in [-0.39, 0.29) is 0 Å². The summed E-state index contributed by atoms with van der Waals surface area (Å²) in [7, 11) is 0. The standard InChI is InChI=1S/C17H14ClN3/c1-10-15(20-17(11-4-5-11)21-16(10)18)13-6-7-14-12(9-13)3-2-8-19-14/h2-3,6-9,11H,4-5H2,1H3. The van der Waals surface area contributed by atoms with Crippen LogP contribution in [-0.2, 0) is 0 Å². The van der Waals surface area contributed by atoms with E-state index in [1.165, 1.54) is 12.8 Å². The molecule has 0 atom stereocenters. The van der Waals surface area contributed by atoms with Gasteiger partial charge in [0.2, 0.25) is 0 Å². The number of pyridine rings is 1.